The number of ether oxygens (including phenoxy) is 2. The van der Waals surface area contributed by atoms with Crippen LogP contribution in [0.2, 0.25) is 0 Å². The van der Waals surface area contributed by atoms with Crippen molar-refractivity contribution in [1.82, 2.24) is 52.4 Å². The van der Waals surface area contributed by atoms with E-state index in [1.165, 1.54) is 29.2 Å². The number of likely N-dealkylation sites (N-methyl/N-ethyl adjacent to an activating group) is 1. The highest BCUT2D eigenvalue weighted by atomic mass is 16.5. The normalized spacial score (nSPS) is 14.6. The smallest absolute Gasteiger partial charge is 0.408 e. The van der Waals surface area contributed by atoms with Gasteiger partial charge in [0.2, 0.25) is 47.3 Å². The molecular formula is C72H93N13O15. The zero-order valence-electron chi connectivity index (χ0n) is 56.9. The number of phenols is 1. The Morgan fingerprint density at radius 3 is 1.76 bits per heavy atom. The lowest BCUT2D eigenvalue weighted by atomic mass is 9.99. The van der Waals surface area contributed by atoms with Crippen molar-refractivity contribution in [2.24, 2.45) is 22.4 Å². The van der Waals surface area contributed by atoms with Crippen LogP contribution in [0.15, 0.2) is 145 Å². The molecule has 0 spiro atoms. The highest BCUT2D eigenvalue weighted by molar-refractivity contribution is 5.99. The number of hydrogen-bond donors (Lipinski definition) is 14. The Labute approximate surface area is 580 Å². The number of fused-ring (bicyclic) bond motifs is 1. The van der Waals surface area contributed by atoms with Crippen LogP contribution in [0.25, 0.3) is 10.9 Å². The number of benzene rings is 5. The maximum atomic E-state index is 15.0. The fraction of sp³-hybridized carbons (Fsp3) is 0.403. The molecule has 1 aliphatic rings. The van der Waals surface area contributed by atoms with Gasteiger partial charge in [0.25, 0.3) is 5.97 Å². The van der Waals surface area contributed by atoms with Crippen LogP contribution < -0.4 is 54.0 Å². The summed E-state index contributed by atoms with van der Waals surface area (Å²) in [7, 11) is 0. The van der Waals surface area contributed by atoms with E-state index >= 15 is 4.79 Å². The van der Waals surface area contributed by atoms with Gasteiger partial charge in [0.15, 0.2) is 5.96 Å². The molecule has 1 aromatic heterocycles. The molecule has 0 radical (unpaired) electrons. The SMILES string of the molecule is CC(=O)O.CCNC(=O)[C@@H]1CCCN1C(=O)[C@H](CCCN=C(N)N)NC(=O)[C@H](CC(C)C)NC(=O)C(Cc1cccc(C)c1)NC(=O)[C@H](Cc1ccc(O)cc1)NC(=O)[C@H](CO)NC(=O)[C@H](Cc1c[nH]c2ccccc12)NC(=O)[C@H](COCc1ccccc1)NC(=O)OCc1ccccc1. The molecule has 1 fully saturated rings. The third-order valence-corrected chi connectivity index (χ3v) is 16.0. The van der Waals surface area contributed by atoms with E-state index < -0.39 is 108 Å². The number of phenolic OH excluding ortho intramolecular Hbond substituents is 1. The second kappa shape index (κ2) is 40.1. The van der Waals surface area contributed by atoms with Crippen LogP contribution in [0.5, 0.6) is 5.75 Å². The number of nitrogens with two attached hydrogens (primary N) is 2. The Morgan fingerprint density at radius 2 is 1.16 bits per heavy atom. The number of alkyl carbamates (subject to hydrolysis) is 1. The number of aliphatic hydroxyl groups is 1. The number of carboxylic acids is 1. The largest absolute Gasteiger partial charge is 0.508 e. The molecule has 0 saturated carbocycles. The molecule has 100 heavy (non-hydrogen) atoms. The summed E-state index contributed by atoms with van der Waals surface area (Å²) in [5.41, 5.74) is 15.8. The molecule has 16 N–H and O–H groups in total. The van der Waals surface area contributed by atoms with Gasteiger partial charge in [-0.05, 0) is 97.9 Å². The van der Waals surface area contributed by atoms with Crippen molar-refractivity contribution < 1.29 is 72.7 Å². The van der Waals surface area contributed by atoms with E-state index in [1.54, 1.807) is 61.7 Å². The summed E-state index contributed by atoms with van der Waals surface area (Å²) >= 11 is 0. The Bertz CT molecular complexity index is 3720. The molecular weight excluding hydrogens is 1290 g/mol. The minimum absolute atomic E-state index is 0.0563. The number of amides is 9. The van der Waals surface area contributed by atoms with E-state index in [2.05, 4.69) is 52.5 Å². The molecule has 28 heteroatoms. The lowest BCUT2D eigenvalue weighted by molar-refractivity contribution is -0.142. The van der Waals surface area contributed by atoms with E-state index in [0.717, 1.165) is 23.6 Å². The van der Waals surface area contributed by atoms with E-state index in [1.807, 2.05) is 81.4 Å². The molecule has 28 nitrogen and oxygen atoms in total. The molecule has 7 rings (SSSR count). The number of aromatic hydroxyl groups is 1. The van der Waals surface area contributed by atoms with Gasteiger partial charge in [-0.3, -0.25) is 48.1 Å². The lowest BCUT2D eigenvalue weighted by Crippen LogP contribution is -2.61. The maximum Gasteiger partial charge on any atom is 0.408 e. The Hall–Kier alpha value is -10.9. The van der Waals surface area contributed by atoms with Crippen molar-refractivity contribution in [3.8, 4) is 5.75 Å². The molecule has 2 heterocycles. The van der Waals surface area contributed by atoms with Gasteiger partial charge in [0.1, 0.15) is 60.7 Å². The number of carbonyl (C=O) groups is 10. The molecule has 0 aliphatic carbocycles. The van der Waals surface area contributed by atoms with E-state index in [9.17, 15) is 48.6 Å². The Balaban J connectivity index is 0.00000383. The Kier molecular flexibility index (Phi) is 31.3. The molecule has 6 aromatic rings. The lowest BCUT2D eigenvalue weighted by Gasteiger charge is -2.30. The average Bonchev–Trinajstić information content (AvgIpc) is 1.62. The van der Waals surface area contributed by atoms with Crippen LogP contribution in [0.1, 0.15) is 93.2 Å². The predicted octanol–water partition coefficient (Wildman–Crippen LogP) is 2.94. The van der Waals surface area contributed by atoms with Gasteiger partial charge in [0, 0.05) is 62.9 Å². The van der Waals surface area contributed by atoms with E-state index in [-0.39, 0.29) is 95.0 Å². The van der Waals surface area contributed by atoms with Crippen molar-refractivity contribution in [2.45, 2.75) is 148 Å². The quantitative estimate of drug-likeness (QED) is 0.0154. The summed E-state index contributed by atoms with van der Waals surface area (Å²) in [5.74, 6) is -7.41. The predicted molar refractivity (Wildman–Crippen MR) is 373 cm³/mol. The summed E-state index contributed by atoms with van der Waals surface area (Å²) in [4.78, 5) is 147. The summed E-state index contributed by atoms with van der Waals surface area (Å²) in [6.07, 6.45) is 1.54. The fourth-order valence-electron chi connectivity index (χ4n) is 11.1. The molecule has 1 aliphatic heterocycles. The first kappa shape index (κ1) is 78.1. The number of carbonyl (C=O) groups excluding carboxylic acids is 9. The van der Waals surface area contributed by atoms with E-state index in [4.69, 9.17) is 30.8 Å². The van der Waals surface area contributed by atoms with Crippen LogP contribution in [0.3, 0.4) is 0 Å². The zero-order chi connectivity index (χ0) is 72.7. The van der Waals surface area contributed by atoms with Crippen molar-refractivity contribution in [3.05, 3.63) is 173 Å². The van der Waals surface area contributed by atoms with Gasteiger partial charge in [-0.1, -0.05) is 135 Å². The zero-order valence-corrected chi connectivity index (χ0v) is 56.9. The molecule has 0 bridgehead atoms. The number of aryl methyl sites for hydroxylation is 1. The third kappa shape index (κ3) is 25.8. The first-order chi connectivity index (χ1) is 47.9. The number of aliphatic carboxylic acids is 1. The van der Waals surface area contributed by atoms with E-state index in [0.29, 0.717) is 47.0 Å². The molecule has 1 saturated heterocycles. The van der Waals surface area contributed by atoms with Gasteiger partial charge in [-0.25, -0.2) is 4.79 Å². The number of aromatic amines is 1. The number of carboxylic acid groups (broad SMARTS) is 1. The highest BCUT2D eigenvalue weighted by Crippen LogP contribution is 2.23. The summed E-state index contributed by atoms with van der Waals surface area (Å²) in [6.45, 7) is 7.67. The minimum atomic E-state index is -1.78. The van der Waals surface area contributed by atoms with Crippen molar-refractivity contribution in [3.63, 3.8) is 0 Å². The first-order valence-corrected chi connectivity index (χ1v) is 33.1. The number of guanidine groups is 1. The number of H-pyrrole nitrogens is 1. The maximum absolute atomic E-state index is 15.0. The average molecular weight is 1380 g/mol. The number of nitrogens with zero attached hydrogens (tertiary/aromatic N) is 2. The van der Waals surface area contributed by atoms with Crippen molar-refractivity contribution in [2.75, 3.05) is 32.8 Å². The summed E-state index contributed by atoms with van der Waals surface area (Å²) < 4.78 is 11.4. The van der Waals surface area contributed by atoms with Crippen LogP contribution >= 0.6 is 0 Å². The first-order valence-electron chi connectivity index (χ1n) is 33.1. The number of rotatable bonds is 35. The number of nitrogens with one attached hydrogen (secondary N) is 9. The second-order valence-electron chi connectivity index (χ2n) is 24.6. The topological polar surface area (TPSA) is 430 Å². The van der Waals surface area contributed by atoms with Gasteiger partial charge in [-0.2, -0.15) is 0 Å². The van der Waals surface area contributed by atoms with Crippen LogP contribution in [0, 0.1) is 12.8 Å². The number of aliphatic imine (C=N–C) groups is 1. The van der Waals surface area contributed by atoms with Crippen LogP contribution in [-0.4, -0.2) is 172 Å². The summed E-state index contributed by atoms with van der Waals surface area (Å²) in [6, 6.07) is 27.3. The fourth-order valence-corrected chi connectivity index (χ4v) is 11.1. The van der Waals surface area contributed by atoms with Crippen LogP contribution in [0.4, 0.5) is 4.79 Å². The number of likely N-dealkylation sites (tertiary alicyclic amines) is 1. The molecule has 8 atom stereocenters. The highest BCUT2D eigenvalue weighted by Gasteiger charge is 2.40. The van der Waals surface area contributed by atoms with Crippen molar-refractivity contribution in [1.29, 1.82) is 0 Å². The summed E-state index contributed by atoms with van der Waals surface area (Å²) in [5, 5.41) is 51.0. The molecule has 536 valence electrons. The third-order valence-electron chi connectivity index (χ3n) is 16.0. The number of aromatic nitrogens is 1. The minimum Gasteiger partial charge on any atom is -0.508 e. The number of hydrogen-bond acceptors (Lipinski definition) is 15. The number of para-hydroxylation sites is 1. The van der Waals surface area contributed by atoms with Gasteiger partial charge < -0.3 is 88.7 Å². The second-order valence-corrected chi connectivity index (χ2v) is 24.6. The van der Waals surface area contributed by atoms with Crippen LogP contribution in [-0.2, 0) is 85.1 Å². The molecule has 5 aromatic carbocycles. The van der Waals surface area contributed by atoms with Crippen molar-refractivity contribution >= 4 is 76.2 Å². The monoisotopic (exact) mass is 1380 g/mol. The number of aliphatic hydroxyl groups excluding tert-OH is 1. The van der Waals surface area contributed by atoms with Gasteiger partial charge in [0.05, 0.1) is 19.8 Å². The molecule has 1 unspecified atom stereocenters. The Morgan fingerprint density at radius 1 is 0.630 bits per heavy atom. The van der Waals surface area contributed by atoms with Gasteiger partial charge >= 0.3 is 6.09 Å². The van der Waals surface area contributed by atoms with Gasteiger partial charge in [-0.15, -0.1) is 0 Å². The standard InChI is InChI=1S/C70H89N13O13.C2H4O2/c1-5-73-67(92)60-26-16-32-83(60)68(93)53(25-15-31-74-69(71)72)76-61(86)54(33-43(2)3)77-63(88)56(36-48-22-14-17-44(4)34-48)78-62(87)55(35-45-27-29-50(85)30-28-45)79-65(90)58(39-84)81-64(89)57(37-49-38-75-52-24-13-12-23-51(49)52)80-66(91)59(42-95-40-46-18-8-6-9-19-46)82-70(94)96-41-47-20-10-7-11-21-47;1-2(3)4/h6-14,17-24,27-30,34,38,43,53-60,75,84-85H,5,15-16,25-26,31-33,35-37,39-42H2,1-4H3,(H,73,92)(H,76,86)(H,77,88)(H,78,87)(H,79,90)(H,80,91)(H,81,89)(H,82,94)(H4,71,72,74);1H3,(H,3,4)/t53-,54-,55-,56?,57-,58-,59-,60-;/m0./s1. The molecule has 9 amide bonds.